The van der Waals surface area contributed by atoms with Crippen molar-refractivity contribution in [1.29, 1.82) is 0 Å². The van der Waals surface area contributed by atoms with Crippen LogP contribution in [0.3, 0.4) is 0 Å². The Morgan fingerprint density at radius 2 is 1.14 bits per heavy atom. The molecule has 170 valence electrons. The first-order chi connectivity index (χ1) is 17.0. The summed E-state index contributed by atoms with van der Waals surface area (Å²) in [6, 6.07) is 37.8. The zero-order valence-electron chi connectivity index (χ0n) is 19.6. The largest absolute Gasteiger partial charge is 0.279 e. The van der Waals surface area contributed by atoms with Crippen LogP contribution in [0.25, 0.3) is 22.5 Å². The highest BCUT2D eigenvalue weighted by molar-refractivity contribution is 9.10. The molecule has 0 fully saturated rings. The lowest BCUT2D eigenvalue weighted by atomic mass is 9.74. The van der Waals surface area contributed by atoms with E-state index in [9.17, 15) is 0 Å². The Bertz CT molecular complexity index is 1470. The average Bonchev–Trinajstić information content (AvgIpc) is 2.90. The molecular weight excluding hydrogens is 494 g/mol. The van der Waals surface area contributed by atoms with E-state index in [0.717, 1.165) is 38.4 Å². The number of rotatable bonds is 3. The highest BCUT2D eigenvalue weighted by Gasteiger charge is 2.37. The van der Waals surface area contributed by atoms with Gasteiger partial charge in [0.15, 0.2) is 0 Å². The molecule has 0 bridgehead atoms. The van der Waals surface area contributed by atoms with E-state index in [1.54, 1.807) is 0 Å². The first-order valence-corrected chi connectivity index (χ1v) is 12.5. The van der Waals surface area contributed by atoms with Crippen LogP contribution in [0.1, 0.15) is 25.0 Å². The first-order valence-electron chi connectivity index (χ1n) is 11.7. The van der Waals surface area contributed by atoms with Gasteiger partial charge < -0.3 is 0 Å². The summed E-state index contributed by atoms with van der Waals surface area (Å²) < 4.78 is 1.06. The summed E-state index contributed by atoms with van der Waals surface area (Å²) in [5.74, 6) is 0.664. The Hall–Kier alpha value is -3.76. The van der Waals surface area contributed by atoms with Gasteiger partial charge in [-0.1, -0.05) is 109 Å². The molecule has 0 saturated heterocycles. The molecule has 1 aliphatic rings. The van der Waals surface area contributed by atoms with Crippen LogP contribution < -0.4 is 4.90 Å². The van der Waals surface area contributed by atoms with Gasteiger partial charge in [0.25, 0.3) is 0 Å². The van der Waals surface area contributed by atoms with Crippen LogP contribution >= 0.6 is 15.9 Å². The fourth-order valence-electron chi connectivity index (χ4n) is 4.94. The Balaban J connectivity index is 1.64. The van der Waals surface area contributed by atoms with E-state index in [0.29, 0.717) is 5.95 Å². The Labute approximate surface area is 214 Å². The Morgan fingerprint density at radius 1 is 0.600 bits per heavy atom. The topological polar surface area (TPSA) is 29.0 Å². The normalized spacial score (nSPS) is 13.7. The maximum atomic E-state index is 5.12. The van der Waals surface area contributed by atoms with Crippen molar-refractivity contribution in [3.05, 3.63) is 125 Å². The van der Waals surface area contributed by atoms with E-state index in [-0.39, 0.29) is 5.41 Å². The van der Waals surface area contributed by atoms with Crippen molar-refractivity contribution in [3.63, 3.8) is 0 Å². The molecule has 0 saturated carbocycles. The molecule has 5 aromatic rings. The van der Waals surface area contributed by atoms with E-state index in [4.69, 9.17) is 9.97 Å². The fourth-order valence-corrected chi connectivity index (χ4v) is 5.30. The predicted molar refractivity (Wildman–Crippen MR) is 147 cm³/mol. The summed E-state index contributed by atoms with van der Waals surface area (Å²) >= 11 is 3.69. The van der Waals surface area contributed by atoms with Crippen molar-refractivity contribution in [3.8, 4) is 22.5 Å². The van der Waals surface area contributed by atoms with Crippen LogP contribution in [0.15, 0.2) is 114 Å². The number of nitrogens with zero attached hydrogens (tertiary/aromatic N) is 3. The van der Waals surface area contributed by atoms with Gasteiger partial charge in [0.1, 0.15) is 0 Å². The van der Waals surface area contributed by atoms with Gasteiger partial charge in [0.05, 0.1) is 22.8 Å². The summed E-state index contributed by atoms with van der Waals surface area (Å²) in [6.07, 6.45) is 0. The molecule has 0 unspecified atom stereocenters. The lowest BCUT2D eigenvalue weighted by molar-refractivity contribution is 0.630. The van der Waals surface area contributed by atoms with Gasteiger partial charge in [0.2, 0.25) is 5.95 Å². The minimum Gasteiger partial charge on any atom is -0.279 e. The van der Waals surface area contributed by atoms with Crippen molar-refractivity contribution in [2.75, 3.05) is 4.90 Å². The predicted octanol–water partition coefficient (Wildman–Crippen LogP) is 8.68. The number of halogens is 1. The number of benzene rings is 4. The molecule has 2 heterocycles. The molecule has 0 spiro atoms. The monoisotopic (exact) mass is 517 g/mol. The molecular formula is C31H24BrN3. The van der Waals surface area contributed by atoms with E-state index in [2.05, 4.69) is 107 Å². The molecule has 0 aliphatic carbocycles. The number of hydrogen-bond donors (Lipinski definition) is 0. The van der Waals surface area contributed by atoms with Gasteiger partial charge >= 0.3 is 0 Å². The summed E-state index contributed by atoms with van der Waals surface area (Å²) in [7, 11) is 0. The highest BCUT2D eigenvalue weighted by Crippen LogP contribution is 2.51. The minimum atomic E-state index is -0.161. The van der Waals surface area contributed by atoms with E-state index in [1.807, 2.05) is 36.4 Å². The third-order valence-corrected chi connectivity index (χ3v) is 7.24. The molecule has 1 aromatic heterocycles. The van der Waals surface area contributed by atoms with Gasteiger partial charge in [-0.15, -0.1) is 0 Å². The van der Waals surface area contributed by atoms with Crippen LogP contribution in [-0.2, 0) is 5.41 Å². The number of hydrogen-bond acceptors (Lipinski definition) is 3. The minimum absolute atomic E-state index is 0.161. The van der Waals surface area contributed by atoms with Crippen molar-refractivity contribution in [1.82, 2.24) is 9.97 Å². The number of anilines is 3. The summed E-state index contributed by atoms with van der Waals surface area (Å²) in [5.41, 5.74) is 8.46. The van der Waals surface area contributed by atoms with Crippen molar-refractivity contribution in [2.45, 2.75) is 19.3 Å². The van der Waals surface area contributed by atoms with E-state index in [1.165, 1.54) is 11.1 Å². The second-order valence-electron chi connectivity index (χ2n) is 9.31. The molecule has 0 N–H and O–H groups in total. The van der Waals surface area contributed by atoms with Gasteiger partial charge in [0, 0.05) is 21.0 Å². The molecule has 0 radical (unpaired) electrons. The van der Waals surface area contributed by atoms with Crippen molar-refractivity contribution >= 4 is 33.3 Å². The lowest BCUT2D eigenvalue weighted by Crippen LogP contribution is -2.31. The second kappa shape index (κ2) is 8.47. The van der Waals surface area contributed by atoms with E-state index < -0.39 is 0 Å². The Morgan fingerprint density at radius 3 is 1.77 bits per heavy atom. The summed E-state index contributed by atoms with van der Waals surface area (Å²) in [6.45, 7) is 4.57. The zero-order chi connectivity index (χ0) is 24.0. The maximum absolute atomic E-state index is 5.12. The number of fused-ring (bicyclic) bond motifs is 2. The SMILES string of the molecule is CC1(C)c2ccccc2N(c2nc(-c3ccccc3)cc(-c3ccccc3)n2)c2ccc(Br)cc21. The second-order valence-corrected chi connectivity index (χ2v) is 10.2. The highest BCUT2D eigenvalue weighted by atomic mass is 79.9. The van der Waals surface area contributed by atoms with Gasteiger partial charge in [-0.05, 0) is 41.5 Å². The zero-order valence-corrected chi connectivity index (χ0v) is 21.2. The Kier molecular flexibility index (Phi) is 5.27. The van der Waals surface area contributed by atoms with Crippen LogP contribution in [0, 0.1) is 0 Å². The molecule has 0 atom stereocenters. The molecule has 6 rings (SSSR count). The maximum Gasteiger partial charge on any atom is 0.235 e. The quantitative estimate of drug-likeness (QED) is 0.239. The third-order valence-electron chi connectivity index (χ3n) is 6.74. The number of aromatic nitrogens is 2. The van der Waals surface area contributed by atoms with Gasteiger partial charge in [-0.25, -0.2) is 9.97 Å². The van der Waals surface area contributed by atoms with Gasteiger partial charge in [-0.2, -0.15) is 0 Å². The molecule has 35 heavy (non-hydrogen) atoms. The van der Waals surface area contributed by atoms with Crippen LogP contribution in [0.2, 0.25) is 0 Å². The molecule has 1 aliphatic heterocycles. The average molecular weight is 518 g/mol. The molecule has 4 heteroatoms. The molecule has 4 aromatic carbocycles. The fraction of sp³-hybridized carbons (Fsp3) is 0.0968. The molecule has 3 nitrogen and oxygen atoms in total. The lowest BCUT2D eigenvalue weighted by Gasteiger charge is -2.41. The van der Waals surface area contributed by atoms with Crippen LogP contribution in [0.5, 0.6) is 0 Å². The standard InChI is InChI=1S/C31H24BrN3/c1-31(2)24-15-9-10-16-28(24)35(29-18-17-23(32)19-25(29)31)30-33-26(21-11-5-3-6-12-21)20-27(34-30)22-13-7-4-8-14-22/h3-20H,1-2H3. The summed E-state index contributed by atoms with van der Waals surface area (Å²) in [5, 5.41) is 0. The van der Waals surface area contributed by atoms with Crippen molar-refractivity contribution < 1.29 is 0 Å². The first kappa shape index (κ1) is 21.8. The van der Waals surface area contributed by atoms with E-state index >= 15 is 0 Å². The molecule has 0 amide bonds. The van der Waals surface area contributed by atoms with Crippen molar-refractivity contribution in [2.24, 2.45) is 0 Å². The number of para-hydroxylation sites is 1. The smallest absolute Gasteiger partial charge is 0.235 e. The van der Waals surface area contributed by atoms with Crippen LogP contribution in [0.4, 0.5) is 17.3 Å². The summed E-state index contributed by atoms with van der Waals surface area (Å²) in [4.78, 5) is 12.5. The van der Waals surface area contributed by atoms with Gasteiger partial charge in [-0.3, -0.25) is 4.90 Å². The third kappa shape index (κ3) is 3.75. The van der Waals surface area contributed by atoms with Crippen LogP contribution in [-0.4, -0.2) is 9.97 Å².